The van der Waals surface area contributed by atoms with Gasteiger partial charge in [-0.05, 0) is 55.5 Å². The topological polar surface area (TPSA) is 60.9 Å². The number of nitrogens with zero attached hydrogens (tertiary/aromatic N) is 2. The van der Waals surface area contributed by atoms with Crippen LogP contribution in [0.15, 0.2) is 48.5 Å². The highest BCUT2D eigenvalue weighted by atomic mass is 16.3. The predicted octanol–water partition coefficient (Wildman–Crippen LogP) is 3.43. The number of imide groups is 1. The highest BCUT2D eigenvalue weighted by molar-refractivity contribution is 6.21. The van der Waals surface area contributed by atoms with Crippen molar-refractivity contribution < 1.29 is 14.7 Å². The summed E-state index contributed by atoms with van der Waals surface area (Å²) < 4.78 is 0. The van der Waals surface area contributed by atoms with Crippen LogP contribution in [-0.2, 0) is 6.42 Å². The molecule has 29 heavy (non-hydrogen) atoms. The molecule has 0 saturated heterocycles. The Balaban J connectivity index is 1.40. The number of benzene rings is 2. The summed E-state index contributed by atoms with van der Waals surface area (Å²) in [6, 6.07) is 15.2. The van der Waals surface area contributed by atoms with Gasteiger partial charge < -0.3 is 5.11 Å². The number of aliphatic hydroxyl groups excluding tert-OH is 1. The van der Waals surface area contributed by atoms with Gasteiger partial charge in [-0.25, -0.2) is 0 Å². The Labute approximate surface area is 171 Å². The maximum Gasteiger partial charge on any atom is 0.261 e. The summed E-state index contributed by atoms with van der Waals surface area (Å²) in [7, 11) is 0. The second-order valence-electron chi connectivity index (χ2n) is 7.95. The Hall–Kier alpha value is -2.50. The van der Waals surface area contributed by atoms with Crippen molar-refractivity contribution in [1.82, 2.24) is 9.80 Å². The molecule has 0 fully saturated rings. The molecule has 2 aromatic carbocycles. The monoisotopic (exact) mass is 392 g/mol. The summed E-state index contributed by atoms with van der Waals surface area (Å²) in [5, 5.41) is 11.0. The molecule has 1 aliphatic heterocycles. The SMILES string of the molecule is CCCN(CCCN1C(=O)c2ccccc2C1=O)C1CCc2ccccc2C1O. The minimum Gasteiger partial charge on any atom is -0.387 e. The number of carbonyl (C=O) groups excluding carboxylic acids is 2. The van der Waals surface area contributed by atoms with Crippen molar-refractivity contribution in [1.29, 1.82) is 0 Å². The molecular weight excluding hydrogens is 364 g/mol. The molecule has 5 heteroatoms. The summed E-state index contributed by atoms with van der Waals surface area (Å²) >= 11 is 0. The van der Waals surface area contributed by atoms with Crippen LogP contribution in [0, 0.1) is 0 Å². The van der Waals surface area contributed by atoms with E-state index in [1.54, 1.807) is 24.3 Å². The molecule has 5 nitrogen and oxygen atoms in total. The van der Waals surface area contributed by atoms with Gasteiger partial charge >= 0.3 is 0 Å². The Morgan fingerprint density at radius 3 is 2.34 bits per heavy atom. The van der Waals surface area contributed by atoms with Crippen molar-refractivity contribution in [2.45, 2.75) is 44.8 Å². The number of rotatable bonds is 7. The van der Waals surface area contributed by atoms with Gasteiger partial charge in [0.25, 0.3) is 11.8 Å². The number of aryl methyl sites for hydroxylation is 1. The first-order chi connectivity index (χ1) is 14.1. The quantitative estimate of drug-likeness (QED) is 0.734. The molecule has 2 unspecified atom stereocenters. The van der Waals surface area contributed by atoms with E-state index in [-0.39, 0.29) is 17.9 Å². The van der Waals surface area contributed by atoms with Crippen molar-refractivity contribution in [3.05, 3.63) is 70.8 Å². The highest BCUT2D eigenvalue weighted by Gasteiger charge is 2.35. The third-order valence-corrected chi connectivity index (χ3v) is 6.13. The molecule has 1 N–H and O–H groups in total. The normalized spacial score (nSPS) is 20.9. The highest BCUT2D eigenvalue weighted by Crippen LogP contribution is 2.33. The first-order valence-electron chi connectivity index (χ1n) is 10.6. The lowest BCUT2D eigenvalue weighted by Gasteiger charge is -2.39. The lowest BCUT2D eigenvalue weighted by Crippen LogP contribution is -2.44. The molecule has 2 aliphatic rings. The van der Waals surface area contributed by atoms with Crippen LogP contribution >= 0.6 is 0 Å². The summed E-state index contributed by atoms with van der Waals surface area (Å²) in [6.45, 7) is 4.20. The third kappa shape index (κ3) is 3.72. The van der Waals surface area contributed by atoms with E-state index in [0.29, 0.717) is 24.1 Å². The minimum absolute atomic E-state index is 0.0760. The summed E-state index contributed by atoms with van der Waals surface area (Å²) in [4.78, 5) is 28.8. The smallest absolute Gasteiger partial charge is 0.261 e. The maximum absolute atomic E-state index is 12.6. The molecule has 0 aromatic heterocycles. The Morgan fingerprint density at radius 2 is 1.66 bits per heavy atom. The van der Waals surface area contributed by atoms with Gasteiger partial charge in [0.2, 0.25) is 0 Å². The molecule has 1 heterocycles. The largest absolute Gasteiger partial charge is 0.387 e. The van der Waals surface area contributed by atoms with Gasteiger partial charge in [-0.15, -0.1) is 0 Å². The van der Waals surface area contributed by atoms with Crippen molar-refractivity contribution >= 4 is 11.8 Å². The third-order valence-electron chi connectivity index (χ3n) is 6.13. The van der Waals surface area contributed by atoms with Gasteiger partial charge in [-0.1, -0.05) is 43.3 Å². The average Bonchev–Trinajstić information content (AvgIpc) is 2.99. The van der Waals surface area contributed by atoms with Crippen molar-refractivity contribution in [2.24, 2.45) is 0 Å². The number of aliphatic hydroxyl groups is 1. The molecule has 0 bridgehead atoms. The minimum atomic E-state index is -0.495. The first kappa shape index (κ1) is 19.8. The number of hydrogen-bond acceptors (Lipinski definition) is 4. The Kier molecular flexibility index (Phi) is 5.79. The average molecular weight is 392 g/mol. The fourth-order valence-electron chi connectivity index (χ4n) is 4.71. The summed E-state index contributed by atoms with van der Waals surface area (Å²) in [5.74, 6) is -0.390. The van der Waals surface area contributed by atoms with E-state index < -0.39 is 6.10 Å². The molecule has 2 atom stereocenters. The van der Waals surface area contributed by atoms with Crippen molar-refractivity contribution in [2.75, 3.05) is 19.6 Å². The second kappa shape index (κ2) is 8.47. The lowest BCUT2D eigenvalue weighted by atomic mass is 9.85. The van der Waals surface area contributed by atoms with Crippen molar-refractivity contribution in [3.63, 3.8) is 0 Å². The standard InChI is InChI=1S/C24H28N2O3/c1-2-14-25(21-13-12-17-8-3-4-9-18(17)22(21)27)15-7-16-26-23(28)19-10-5-6-11-20(19)24(26)29/h3-6,8-11,21-22,27H,2,7,12-16H2,1H3. The molecular formula is C24H28N2O3. The predicted molar refractivity (Wildman–Crippen MR) is 112 cm³/mol. The number of hydrogen-bond donors (Lipinski definition) is 1. The molecule has 152 valence electrons. The molecule has 4 rings (SSSR count). The van der Waals surface area contributed by atoms with E-state index in [0.717, 1.165) is 37.9 Å². The first-order valence-corrected chi connectivity index (χ1v) is 10.6. The summed E-state index contributed by atoms with van der Waals surface area (Å²) in [6.07, 6.45) is 3.10. The van der Waals surface area contributed by atoms with Gasteiger partial charge in [0, 0.05) is 19.1 Å². The van der Waals surface area contributed by atoms with Gasteiger partial charge in [-0.2, -0.15) is 0 Å². The molecule has 0 saturated carbocycles. The van der Waals surface area contributed by atoms with E-state index >= 15 is 0 Å². The molecule has 1 aliphatic carbocycles. The van der Waals surface area contributed by atoms with E-state index in [9.17, 15) is 14.7 Å². The van der Waals surface area contributed by atoms with Crippen LogP contribution in [-0.4, -0.2) is 52.4 Å². The number of carbonyl (C=O) groups is 2. The number of amides is 2. The zero-order chi connectivity index (χ0) is 20.4. The maximum atomic E-state index is 12.6. The van der Waals surface area contributed by atoms with Crippen LogP contribution in [0.5, 0.6) is 0 Å². The molecule has 0 spiro atoms. The van der Waals surface area contributed by atoms with Gasteiger partial charge in [0.15, 0.2) is 0 Å². The fraction of sp³-hybridized carbons (Fsp3) is 0.417. The molecule has 0 radical (unpaired) electrons. The van der Waals surface area contributed by atoms with E-state index in [1.807, 2.05) is 18.2 Å². The van der Waals surface area contributed by atoms with Gasteiger partial charge in [0.1, 0.15) is 0 Å². The van der Waals surface area contributed by atoms with Crippen LogP contribution in [0.25, 0.3) is 0 Å². The Bertz CT molecular complexity index is 876. The van der Waals surface area contributed by atoms with Crippen LogP contribution in [0.1, 0.15) is 64.1 Å². The zero-order valence-corrected chi connectivity index (χ0v) is 16.9. The van der Waals surface area contributed by atoms with Crippen LogP contribution in [0.2, 0.25) is 0 Å². The van der Waals surface area contributed by atoms with E-state index in [4.69, 9.17) is 0 Å². The van der Waals surface area contributed by atoms with E-state index in [2.05, 4.69) is 17.9 Å². The van der Waals surface area contributed by atoms with Crippen molar-refractivity contribution in [3.8, 4) is 0 Å². The fourth-order valence-corrected chi connectivity index (χ4v) is 4.71. The van der Waals surface area contributed by atoms with Gasteiger partial charge in [-0.3, -0.25) is 19.4 Å². The summed E-state index contributed by atoms with van der Waals surface area (Å²) in [5.41, 5.74) is 3.27. The zero-order valence-electron chi connectivity index (χ0n) is 16.9. The second-order valence-corrected chi connectivity index (χ2v) is 7.95. The van der Waals surface area contributed by atoms with E-state index in [1.165, 1.54) is 10.5 Å². The van der Waals surface area contributed by atoms with Crippen LogP contribution in [0.3, 0.4) is 0 Å². The number of fused-ring (bicyclic) bond motifs is 2. The van der Waals surface area contributed by atoms with Gasteiger partial charge in [0.05, 0.1) is 17.2 Å². The Morgan fingerprint density at radius 1 is 1.00 bits per heavy atom. The molecule has 2 amide bonds. The molecule has 2 aromatic rings. The van der Waals surface area contributed by atoms with Crippen LogP contribution < -0.4 is 0 Å². The van der Waals surface area contributed by atoms with Crippen LogP contribution in [0.4, 0.5) is 0 Å². The lowest BCUT2D eigenvalue weighted by molar-refractivity contribution is 0.0330.